The van der Waals surface area contributed by atoms with Gasteiger partial charge in [-0.3, -0.25) is 0 Å². The van der Waals surface area contributed by atoms with Crippen LogP contribution in [0.15, 0.2) is 218 Å². The van der Waals surface area contributed by atoms with E-state index in [4.69, 9.17) is 0 Å². The highest BCUT2D eigenvalue weighted by molar-refractivity contribution is 6.16. The van der Waals surface area contributed by atoms with Crippen LogP contribution in [0.4, 0.5) is 17.1 Å². The van der Waals surface area contributed by atoms with Gasteiger partial charge < -0.3 is 9.47 Å². The van der Waals surface area contributed by atoms with Gasteiger partial charge in [0.1, 0.15) is 0 Å². The third-order valence-electron chi connectivity index (χ3n) is 12.4. The van der Waals surface area contributed by atoms with Gasteiger partial charge in [-0.05, 0) is 93.0 Å². The number of nitrogens with zero attached hydrogens (tertiary/aromatic N) is 2. The Labute approximate surface area is 345 Å². The largest absolute Gasteiger partial charge is 0.309 e. The Kier molecular flexibility index (Phi) is 8.20. The molecule has 1 heterocycles. The second kappa shape index (κ2) is 13.9. The van der Waals surface area contributed by atoms with Crippen LogP contribution in [0, 0.1) is 0 Å². The first kappa shape index (κ1) is 34.8. The standard InChI is InChI=1S/C57H42N2/c1-57(2)49-32-13-9-28-47(49)55-46(31-18-33-50(55)57)45-27-11-15-35-52(45)59(51-34-14-10-26-43(51)39-20-5-3-6-21-39)42-25-17-22-40(38-42)44-30-19-37-54-56(44)48-29-12-16-36-53(48)58(54)41-23-7-4-8-24-41/h3-38H,1-2H3. The topological polar surface area (TPSA) is 8.17 Å². The molecule has 0 spiro atoms. The van der Waals surface area contributed by atoms with Gasteiger partial charge in [0.2, 0.25) is 0 Å². The quantitative estimate of drug-likeness (QED) is 0.157. The molecule has 280 valence electrons. The van der Waals surface area contributed by atoms with E-state index < -0.39 is 0 Å². The molecule has 1 aromatic heterocycles. The van der Waals surface area contributed by atoms with E-state index in [1.54, 1.807) is 0 Å². The van der Waals surface area contributed by atoms with Crippen molar-refractivity contribution in [2.24, 2.45) is 0 Å². The van der Waals surface area contributed by atoms with Gasteiger partial charge in [-0.2, -0.15) is 0 Å². The molecule has 2 nitrogen and oxygen atoms in total. The van der Waals surface area contributed by atoms with E-state index >= 15 is 0 Å². The molecule has 0 bridgehead atoms. The SMILES string of the molecule is CC1(C)c2ccccc2-c2c(-c3ccccc3N(c3cccc(-c4cccc5c4c4ccccc4n5-c4ccccc4)c3)c3ccccc3-c3ccccc3)cccc21. The van der Waals surface area contributed by atoms with E-state index in [9.17, 15) is 0 Å². The first-order valence-corrected chi connectivity index (χ1v) is 20.5. The lowest BCUT2D eigenvalue weighted by atomic mass is 9.82. The third kappa shape index (κ3) is 5.56. The molecular formula is C57H42N2. The summed E-state index contributed by atoms with van der Waals surface area (Å²) >= 11 is 0. The van der Waals surface area contributed by atoms with Crippen LogP contribution in [0.5, 0.6) is 0 Å². The molecule has 0 unspecified atom stereocenters. The van der Waals surface area contributed by atoms with Crippen molar-refractivity contribution in [3.8, 4) is 50.2 Å². The molecule has 0 amide bonds. The number of para-hydroxylation sites is 4. The molecule has 59 heavy (non-hydrogen) atoms. The summed E-state index contributed by atoms with van der Waals surface area (Å²) in [6.07, 6.45) is 0. The maximum Gasteiger partial charge on any atom is 0.0547 e. The summed E-state index contributed by atoms with van der Waals surface area (Å²) < 4.78 is 2.40. The van der Waals surface area contributed by atoms with Crippen molar-refractivity contribution in [3.63, 3.8) is 0 Å². The zero-order chi connectivity index (χ0) is 39.5. The fraction of sp³-hybridized carbons (Fsp3) is 0.0526. The lowest BCUT2D eigenvalue weighted by molar-refractivity contribution is 0.660. The van der Waals surface area contributed by atoms with Gasteiger partial charge >= 0.3 is 0 Å². The van der Waals surface area contributed by atoms with E-state index in [0.29, 0.717) is 0 Å². The van der Waals surface area contributed by atoms with Crippen molar-refractivity contribution >= 4 is 38.9 Å². The highest BCUT2D eigenvalue weighted by Crippen LogP contribution is 2.54. The highest BCUT2D eigenvalue weighted by Gasteiger charge is 2.37. The maximum absolute atomic E-state index is 2.49. The zero-order valence-electron chi connectivity index (χ0n) is 33.2. The maximum atomic E-state index is 2.49. The van der Waals surface area contributed by atoms with Crippen LogP contribution >= 0.6 is 0 Å². The Morgan fingerprint density at radius 3 is 1.75 bits per heavy atom. The summed E-state index contributed by atoms with van der Waals surface area (Å²) in [6.45, 7) is 4.72. The van der Waals surface area contributed by atoms with Crippen molar-refractivity contribution in [2.75, 3.05) is 4.90 Å². The van der Waals surface area contributed by atoms with Gasteiger partial charge in [-0.1, -0.05) is 184 Å². The van der Waals surface area contributed by atoms with Crippen molar-refractivity contribution in [1.82, 2.24) is 4.57 Å². The summed E-state index contributed by atoms with van der Waals surface area (Å²) in [5.74, 6) is 0. The van der Waals surface area contributed by atoms with E-state index in [0.717, 1.165) is 22.7 Å². The molecule has 0 aliphatic heterocycles. The summed E-state index contributed by atoms with van der Waals surface area (Å²) in [4.78, 5) is 2.49. The Bertz CT molecular complexity index is 3190. The molecule has 9 aromatic carbocycles. The Morgan fingerprint density at radius 1 is 0.390 bits per heavy atom. The molecule has 0 saturated carbocycles. The minimum atomic E-state index is -0.102. The van der Waals surface area contributed by atoms with Crippen molar-refractivity contribution < 1.29 is 0 Å². The van der Waals surface area contributed by atoms with Crippen LogP contribution in [0.2, 0.25) is 0 Å². The lowest BCUT2D eigenvalue weighted by Gasteiger charge is -2.31. The van der Waals surface area contributed by atoms with Crippen LogP contribution in [-0.2, 0) is 5.41 Å². The van der Waals surface area contributed by atoms with Gasteiger partial charge in [0.05, 0.1) is 22.4 Å². The molecule has 0 fully saturated rings. The predicted molar refractivity (Wildman–Crippen MR) is 249 cm³/mol. The van der Waals surface area contributed by atoms with Crippen LogP contribution in [0.3, 0.4) is 0 Å². The van der Waals surface area contributed by atoms with Gasteiger partial charge in [-0.15, -0.1) is 0 Å². The number of fused-ring (bicyclic) bond motifs is 6. The van der Waals surface area contributed by atoms with Crippen LogP contribution in [0.25, 0.3) is 72.0 Å². The molecule has 0 radical (unpaired) electrons. The van der Waals surface area contributed by atoms with Crippen molar-refractivity contribution in [2.45, 2.75) is 19.3 Å². The molecule has 0 atom stereocenters. The predicted octanol–water partition coefficient (Wildman–Crippen LogP) is 15.6. The smallest absolute Gasteiger partial charge is 0.0547 e. The van der Waals surface area contributed by atoms with E-state index in [1.165, 1.54) is 77.4 Å². The second-order valence-electron chi connectivity index (χ2n) is 16.1. The highest BCUT2D eigenvalue weighted by atomic mass is 15.1. The van der Waals surface area contributed by atoms with Gasteiger partial charge in [0.25, 0.3) is 0 Å². The number of hydrogen-bond donors (Lipinski definition) is 0. The summed E-state index contributed by atoms with van der Waals surface area (Å²) in [5, 5.41) is 2.49. The van der Waals surface area contributed by atoms with E-state index in [2.05, 4.69) is 242 Å². The van der Waals surface area contributed by atoms with Crippen LogP contribution in [-0.4, -0.2) is 4.57 Å². The fourth-order valence-corrected chi connectivity index (χ4v) is 9.74. The normalized spacial score (nSPS) is 12.7. The monoisotopic (exact) mass is 754 g/mol. The summed E-state index contributed by atoms with van der Waals surface area (Å²) in [6, 6.07) is 79.8. The first-order valence-electron chi connectivity index (χ1n) is 20.5. The summed E-state index contributed by atoms with van der Waals surface area (Å²) in [7, 11) is 0. The van der Waals surface area contributed by atoms with E-state index in [1.807, 2.05) is 0 Å². The third-order valence-corrected chi connectivity index (χ3v) is 12.4. The number of aromatic nitrogens is 1. The average Bonchev–Trinajstić information content (AvgIpc) is 3.76. The molecule has 1 aliphatic carbocycles. The lowest BCUT2D eigenvalue weighted by Crippen LogP contribution is -2.15. The molecule has 0 saturated heterocycles. The molecular weight excluding hydrogens is 713 g/mol. The fourth-order valence-electron chi connectivity index (χ4n) is 9.74. The Balaban J connectivity index is 1.16. The van der Waals surface area contributed by atoms with Gasteiger partial charge in [-0.25, -0.2) is 0 Å². The number of anilines is 3. The Hall–Kier alpha value is -7.42. The molecule has 0 N–H and O–H groups in total. The van der Waals surface area contributed by atoms with Crippen LogP contribution < -0.4 is 4.90 Å². The zero-order valence-corrected chi connectivity index (χ0v) is 33.2. The molecule has 2 heteroatoms. The number of hydrogen-bond acceptors (Lipinski definition) is 1. The molecule has 11 rings (SSSR count). The molecule has 10 aromatic rings. The van der Waals surface area contributed by atoms with Gasteiger partial charge in [0.15, 0.2) is 0 Å². The summed E-state index contributed by atoms with van der Waals surface area (Å²) in [5.41, 5.74) is 19.3. The number of benzene rings is 9. The second-order valence-corrected chi connectivity index (χ2v) is 16.1. The van der Waals surface area contributed by atoms with Crippen molar-refractivity contribution in [1.29, 1.82) is 0 Å². The Morgan fingerprint density at radius 2 is 0.932 bits per heavy atom. The minimum Gasteiger partial charge on any atom is -0.309 e. The average molecular weight is 755 g/mol. The number of rotatable bonds is 7. The van der Waals surface area contributed by atoms with Crippen LogP contribution in [0.1, 0.15) is 25.0 Å². The minimum absolute atomic E-state index is 0.102. The van der Waals surface area contributed by atoms with Crippen molar-refractivity contribution in [3.05, 3.63) is 230 Å². The first-order chi connectivity index (χ1) is 29.1. The molecule has 1 aliphatic rings. The van der Waals surface area contributed by atoms with E-state index in [-0.39, 0.29) is 5.41 Å². The van der Waals surface area contributed by atoms with Gasteiger partial charge in [0, 0.05) is 38.7 Å².